The molecule has 0 spiro atoms. The molecule has 2 heteroatoms. The number of carbonyl (C=O) groups excluding carboxylic acids is 1. The Kier molecular flexibility index (Phi) is 4.76. The van der Waals surface area contributed by atoms with Crippen LogP contribution in [0.3, 0.4) is 0 Å². The number of carbonyl (C=O) groups is 1. The summed E-state index contributed by atoms with van der Waals surface area (Å²) in [5, 5.41) is 0. The Bertz CT molecular complexity index is 287. The van der Waals surface area contributed by atoms with Crippen LogP contribution in [0.25, 0.3) is 0 Å². The van der Waals surface area contributed by atoms with Gasteiger partial charge in [0.2, 0.25) is 0 Å². The van der Waals surface area contributed by atoms with Gasteiger partial charge in [0, 0.05) is 20.1 Å². The van der Waals surface area contributed by atoms with E-state index in [9.17, 15) is 4.79 Å². The van der Waals surface area contributed by atoms with Crippen LogP contribution in [0, 0.1) is 5.92 Å². The molecular weight excluding hydrogens is 188 g/mol. The monoisotopic (exact) mass is 208 g/mol. The van der Waals surface area contributed by atoms with Crippen LogP contribution in [-0.2, 0) is 9.53 Å². The molecule has 2 nitrogen and oxygen atoms in total. The van der Waals surface area contributed by atoms with Gasteiger partial charge in [-0.05, 0) is 19.8 Å². The van der Waals surface area contributed by atoms with Gasteiger partial charge in [0.25, 0.3) is 0 Å². The fourth-order valence-corrected chi connectivity index (χ4v) is 2.02. The number of methoxy groups -OCH3 is 1. The minimum atomic E-state index is 0.0418. The minimum absolute atomic E-state index is 0.0418. The lowest BCUT2D eigenvalue weighted by atomic mass is 9.88. The van der Waals surface area contributed by atoms with Crippen LogP contribution >= 0.6 is 0 Å². The van der Waals surface area contributed by atoms with Gasteiger partial charge < -0.3 is 4.74 Å². The quantitative estimate of drug-likeness (QED) is 0.671. The third-order valence-corrected chi connectivity index (χ3v) is 2.80. The lowest BCUT2D eigenvalue weighted by molar-refractivity contribution is -0.120. The number of hydrogen-bond acceptors (Lipinski definition) is 2. The standard InChI is InChI=1S/C13H20O2/c1-4-5-12(14)13-10(2)6-7-11(13)8-9-15-3/h6-7,13H,4-5,8-9H2,1-3H3. The van der Waals surface area contributed by atoms with Crippen molar-refractivity contribution in [3.63, 3.8) is 0 Å². The van der Waals surface area contributed by atoms with Gasteiger partial charge in [-0.3, -0.25) is 4.79 Å². The van der Waals surface area contributed by atoms with E-state index in [2.05, 4.69) is 12.2 Å². The van der Waals surface area contributed by atoms with Gasteiger partial charge in [0.05, 0.1) is 5.92 Å². The highest BCUT2D eigenvalue weighted by Crippen LogP contribution is 2.30. The maximum Gasteiger partial charge on any atom is 0.144 e. The predicted octanol–water partition coefficient (Wildman–Crippen LogP) is 2.89. The summed E-state index contributed by atoms with van der Waals surface area (Å²) >= 11 is 0. The SMILES string of the molecule is CCCC(=O)C1C(C)=CC=C1CCOC. The van der Waals surface area contributed by atoms with E-state index in [4.69, 9.17) is 4.74 Å². The number of allylic oxidation sites excluding steroid dienone is 3. The Morgan fingerprint density at radius 2 is 2.20 bits per heavy atom. The van der Waals surface area contributed by atoms with Crippen LogP contribution in [0.2, 0.25) is 0 Å². The Hall–Kier alpha value is -0.890. The summed E-state index contributed by atoms with van der Waals surface area (Å²) < 4.78 is 5.05. The molecule has 0 saturated heterocycles. The van der Waals surface area contributed by atoms with Gasteiger partial charge in [0.1, 0.15) is 5.78 Å². The molecule has 1 unspecified atom stereocenters. The van der Waals surface area contributed by atoms with Gasteiger partial charge in [-0.25, -0.2) is 0 Å². The lowest BCUT2D eigenvalue weighted by Gasteiger charge is -2.15. The van der Waals surface area contributed by atoms with Crippen molar-refractivity contribution in [3.05, 3.63) is 23.3 Å². The first kappa shape index (κ1) is 12.2. The molecule has 1 aliphatic carbocycles. The summed E-state index contributed by atoms with van der Waals surface area (Å²) in [5.74, 6) is 0.395. The van der Waals surface area contributed by atoms with E-state index < -0.39 is 0 Å². The van der Waals surface area contributed by atoms with Crippen molar-refractivity contribution in [2.24, 2.45) is 5.92 Å². The van der Waals surface area contributed by atoms with Crippen LogP contribution in [0.15, 0.2) is 23.3 Å². The Labute approximate surface area is 92.0 Å². The van der Waals surface area contributed by atoms with Crippen molar-refractivity contribution in [1.29, 1.82) is 0 Å². The zero-order chi connectivity index (χ0) is 11.3. The first-order chi connectivity index (χ1) is 7.20. The predicted molar refractivity (Wildman–Crippen MR) is 61.7 cm³/mol. The smallest absolute Gasteiger partial charge is 0.144 e. The van der Waals surface area contributed by atoms with E-state index in [0.29, 0.717) is 18.8 Å². The molecule has 1 aliphatic rings. The van der Waals surface area contributed by atoms with Gasteiger partial charge in [-0.15, -0.1) is 0 Å². The van der Waals surface area contributed by atoms with E-state index in [-0.39, 0.29) is 5.92 Å². The van der Waals surface area contributed by atoms with Crippen molar-refractivity contribution < 1.29 is 9.53 Å². The molecule has 1 rings (SSSR count). The fourth-order valence-electron chi connectivity index (χ4n) is 2.02. The largest absolute Gasteiger partial charge is 0.384 e. The van der Waals surface area contributed by atoms with Crippen LogP contribution in [-0.4, -0.2) is 19.5 Å². The number of Topliss-reactive ketones (excluding diaryl/α,β-unsaturated/α-hetero) is 1. The second-order valence-corrected chi connectivity index (χ2v) is 4.04. The average molecular weight is 208 g/mol. The first-order valence-corrected chi connectivity index (χ1v) is 5.59. The highest BCUT2D eigenvalue weighted by molar-refractivity contribution is 5.87. The van der Waals surface area contributed by atoms with Gasteiger partial charge in [-0.2, -0.15) is 0 Å². The molecule has 0 bridgehead atoms. The highest BCUT2D eigenvalue weighted by Gasteiger charge is 2.25. The van der Waals surface area contributed by atoms with Crippen molar-refractivity contribution in [2.45, 2.75) is 33.1 Å². The molecule has 0 N–H and O–H groups in total. The molecule has 0 aliphatic heterocycles. The molecule has 0 amide bonds. The molecule has 0 saturated carbocycles. The van der Waals surface area contributed by atoms with Gasteiger partial charge >= 0.3 is 0 Å². The molecule has 0 radical (unpaired) electrons. The third-order valence-electron chi connectivity index (χ3n) is 2.80. The average Bonchev–Trinajstić information content (AvgIpc) is 2.57. The summed E-state index contributed by atoms with van der Waals surface area (Å²) in [4.78, 5) is 11.9. The summed E-state index contributed by atoms with van der Waals surface area (Å²) in [6, 6.07) is 0. The van der Waals surface area contributed by atoms with Crippen molar-refractivity contribution in [1.82, 2.24) is 0 Å². The maximum atomic E-state index is 11.9. The topological polar surface area (TPSA) is 26.3 Å². The zero-order valence-corrected chi connectivity index (χ0v) is 9.88. The Morgan fingerprint density at radius 1 is 1.47 bits per heavy atom. The van der Waals surface area contributed by atoms with Gasteiger partial charge in [-0.1, -0.05) is 30.2 Å². The molecule has 1 atom stereocenters. The number of rotatable bonds is 6. The van der Waals surface area contributed by atoms with Gasteiger partial charge in [0.15, 0.2) is 0 Å². The summed E-state index contributed by atoms with van der Waals surface area (Å²) in [6.45, 7) is 4.78. The normalized spacial score (nSPS) is 20.1. The summed E-state index contributed by atoms with van der Waals surface area (Å²) in [7, 11) is 1.69. The number of ketones is 1. The molecule has 84 valence electrons. The minimum Gasteiger partial charge on any atom is -0.384 e. The molecule has 0 aromatic carbocycles. The second-order valence-electron chi connectivity index (χ2n) is 4.04. The van der Waals surface area contributed by atoms with E-state index in [1.54, 1.807) is 7.11 Å². The molecule has 0 heterocycles. The molecule has 0 fully saturated rings. The van der Waals surface area contributed by atoms with E-state index in [1.165, 1.54) is 11.1 Å². The second kappa shape index (κ2) is 5.86. The van der Waals surface area contributed by atoms with Crippen molar-refractivity contribution in [2.75, 3.05) is 13.7 Å². The van der Waals surface area contributed by atoms with Crippen molar-refractivity contribution in [3.8, 4) is 0 Å². The highest BCUT2D eigenvalue weighted by atomic mass is 16.5. The maximum absolute atomic E-state index is 11.9. The number of ether oxygens (including phenoxy) is 1. The first-order valence-electron chi connectivity index (χ1n) is 5.59. The van der Waals surface area contributed by atoms with E-state index in [0.717, 1.165) is 12.8 Å². The molecular formula is C13H20O2. The van der Waals surface area contributed by atoms with Crippen LogP contribution < -0.4 is 0 Å². The molecule has 15 heavy (non-hydrogen) atoms. The molecule has 0 aromatic heterocycles. The van der Waals surface area contributed by atoms with Crippen LogP contribution in [0.4, 0.5) is 0 Å². The van der Waals surface area contributed by atoms with Crippen LogP contribution in [0.1, 0.15) is 33.1 Å². The van der Waals surface area contributed by atoms with E-state index in [1.807, 2.05) is 13.8 Å². The summed E-state index contributed by atoms with van der Waals surface area (Å²) in [5.41, 5.74) is 2.40. The summed E-state index contributed by atoms with van der Waals surface area (Å²) in [6.07, 6.45) is 6.61. The Morgan fingerprint density at radius 3 is 2.80 bits per heavy atom. The zero-order valence-electron chi connectivity index (χ0n) is 9.88. The third kappa shape index (κ3) is 3.03. The lowest BCUT2D eigenvalue weighted by Crippen LogP contribution is -2.16. The Balaban J connectivity index is 2.62. The molecule has 0 aromatic rings. The van der Waals surface area contributed by atoms with Crippen molar-refractivity contribution >= 4 is 5.78 Å². The van der Waals surface area contributed by atoms with E-state index >= 15 is 0 Å². The number of hydrogen-bond donors (Lipinski definition) is 0. The fraction of sp³-hybridized carbons (Fsp3) is 0.615. The van der Waals surface area contributed by atoms with Crippen LogP contribution in [0.5, 0.6) is 0 Å².